The maximum absolute atomic E-state index is 13.4. The topological polar surface area (TPSA) is 55.1 Å². The minimum absolute atomic E-state index is 0.0353. The van der Waals surface area contributed by atoms with Gasteiger partial charge in [-0.15, -0.1) is 11.3 Å². The number of benzene rings is 1. The predicted molar refractivity (Wildman–Crippen MR) is 78.9 cm³/mol. The van der Waals surface area contributed by atoms with E-state index in [2.05, 4.69) is 5.32 Å². The van der Waals surface area contributed by atoms with E-state index in [0.717, 1.165) is 4.88 Å². The molecule has 0 fully saturated rings. The predicted octanol–water partition coefficient (Wildman–Crippen LogP) is 2.70. The van der Waals surface area contributed by atoms with E-state index in [-0.39, 0.29) is 22.9 Å². The summed E-state index contributed by atoms with van der Waals surface area (Å²) in [4.78, 5) is 12.7. The van der Waals surface area contributed by atoms with Crippen LogP contribution < -0.4 is 11.1 Å². The first-order valence-electron chi connectivity index (χ1n) is 5.48. The van der Waals surface area contributed by atoms with Gasteiger partial charge in [-0.3, -0.25) is 4.79 Å². The third-order valence-corrected chi connectivity index (χ3v) is 3.53. The van der Waals surface area contributed by atoms with Crippen LogP contribution in [0.15, 0.2) is 35.7 Å². The van der Waals surface area contributed by atoms with Crippen molar-refractivity contribution >= 4 is 40.1 Å². The highest BCUT2D eigenvalue weighted by Crippen LogP contribution is 2.16. The Labute approximate surface area is 119 Å². The summed E-state index contributed by atoms with van der Waals surface area (Å²) in [5.41, 5.74) is 6.01. The van der Waals surface area contributed by atoms with Crippen LogP contribution in [0.5, 0.6) is 0 Å². The zero-order chi connectivity index (χ0) is 13.8. The average molecular weight is 294 g/mol. The molecule has 1 aromatic heterocycles. The van der Waals surface area contributed by atoms with E-state index in [1.54, 1.807) is 0 Å². The molecule has 19 heavy (non-hydrogen) atoms. The van der Waals surface area contributed by atoms with E-state index in [9.17, 15) is 9.18 Å². The van der Waals surface area contributed by atoms with Crippen LogP contribution in [0.4, 0.5) is 10.1 Å². The summed E-state index contributed by atoms with van der Waals surface area (Å²) < 4.78 is 13.4. The van der Waals surface area contributed by atoms with Gasteiger partial charge in [0, 0.05) is 16.1 Å². The maximum Gasteiger partial charge on any atom is 0.229 e. The first kappa shape index (κ1) is 13.6. The van der Waals surface area contributed by atoms with Crippen LogP contribution in [-0.2, 0) is 11.2 Å². The van der Waals surface area contributed by atoms with Gasteiger partial charge in [-0.1, -0.05) is 18.3 Å². The monoisotopic (exact) mass is 294 g/mol. The van der Waals surface area contributed by atoms with E-state index in [4.69, 9.17) is 18.0 Å². The van der Waals surface area contributed by atoms with Crippen molar-refractivity contribution in [1.82, 2.24) is 0 Å². The van der Waals surface area contributed by atoms with Gasteiger partial charge in [0.05, 0.1) is 6.42 Å². The van der Waals surface area contributed by atoms with Gasteiger partial charge in [-0.05, 0) is 29.6 Å². The molecule has 0 aliphatic carbocycles. The molecule has 0 atom stereocenters. The molecular formula is C13H11FN2OS2. The zero-order valence-corrected chi connectivity index (χ0v) is 11.5. The standard InChI is InChI=1S/C13H11FN2OS2/c14-11-4-3-8(6-10(11)13(15)18)16-12(17)7-9-2-1-5-19-9/h1-6H,7H2,(H2,15,18)(H,16,17). The second-order valence-electron chi connectivity index (χ2n) is 3.86. The van der Waals surface area contributed by atoms with Crippen molar-refractivity contribution in [2.75, 3.05) is 5.32 Å². The zero-order valence-electron chi connectivity index (χ0n) is 9.85. The Morgan fingerprint density at radius 2 is 2.21 bits per heavy atom. The smallest absolute Gasteiger partial charge is 0.229 e. The number of hydrogen-bond donors (Lipinski definition) is 2. The SMILES string of the molecule is NC(=S)c1cc(NC(=O)Cc2cccs2)ccc1F. The van der Waals surface area contributed by atoms with Crippen molar-refractivity contribution in [3.05, 3.63) is 52.0 Å². The summed E-state index contributed by atoms with van der Waals surface area (Å²) >= 11 is 6.25. The number of carbonyl (C=O) groups excluding carboxylic acids is 1. The largest absolute Gasteiger partial charge is 0.389 e. The fourth-order valence-corrected chi connectivity index (χ4v) is 2.43. The highest BCUT2D eigenvalue weighted by molar-refractivity contribution is 7.80. The van der Waals surface area contributed by atoms with E-state index in [1.165, 1.54) is 29.5 Å². The van der Waals surface area contributed by atoms with E-state index in [0.29, 0.717) is 5.69 Å². The Morgan fingerprint density at radius 1 is 1.42 bits per heavy atom. The van der Waals surface area contributed by atoms with Gasteiger partial charge in [0.1, 0.15) is 10.8 Å². The number of carbonyl (C=O) groups is 1. The fourth-order valence-electron chi connectivity index (χ4n) is 1.57. The molecule has 0 aliphatic rings. The summed E-state index contributed by atoms with van der Waals surface area (Å²) in [6, 6.07) is 7.91. The highest BCUT2D eigenvalue weighted by atomic mass is 32.1. The lowest BCUT2D eigenvalue weighted by Gasteiger charge is -2.07. The molecule has 1 amide bonds. The summed E-state index contributed by atoms with van der Waals surface area (Å²) in [6.45, 7) is 0. The van der Waals surface area contributed by atoms with Gasteiger partial charge >= 0.3 is 0 Å². The second kappa shape index (κ2) is 5.90. The molecule has 6 heteroatoms. The van der Waals surface area contributed by atoms with Crippen molar-refractivity contribution in [3.63, 3.8) is 0 Å². The lowest BCUT2D eigenvalue weighted by atomic mass is 10.2. The molecule has 0 saturated heterocycles. The molecule has 0 radical (unpaired) electrons. The lowest BCUT2D eigenvalue weighted by molar-refractivity contribution is -0.115. The normalized spacial score (nSPS) is 10.2. The van der Waals surface area contributed by atoms with Crippen molar-refractivity contribution in [2.45, 2.75) is 6.42 Å². The molecule has 1 heterocycles. The lowest BCUT2D eigenvalue weighted by Crippen LogP contribution is -2.16. The molecule has 98 valence electrons. The van der Waals surface area contributed by atoms with Crippen LogP contribution >= 0.6 is 23.6 Å². The summed E-state index contributed by atoms with van der Waals surface area (Å²) in [5, 5.41) is 4.60. The van der Waals surface area contributed by atoms with E-state index >= 15 is 0 Å². The molecule has 3 N–H and O–H groups in total. The number of amides is 1. The van der Waals surface area contributed by atoms with E-state index in [1.807, 2.05) is 17.5 Å². The minimum Gasteiger partial charge on any atom is -0.389 e. The summed E-state index contributed by atoms with van der Waals surface area (Å²) in [7, 11) is 0. The number of nitrogens with two attached hydrogens (primary N) is 1. The highest BCUT2D eigenvalue weighted by Gasteiger charge is 2.09. The maximum atomic E-state index is 13.4. The van der Waals surface area contributed by atoms with Gasteiger partial charge in [0.15, 0.2) is 0 Å². The van der Waals surface area contributed by atoms with Crippen molar-refractivity contribution in [1.29, 1.82) is 0 Å². The number of nitrogens with one attached hydrogen (secondary N) is 1. The Hall–Kier alpha value is -1.79. The van der Waals surface area contributed by atoms with E-state index < -0.39 is 5.82 Å². The molecule has 3 nitrogen and oxygen atoms in total. The van der Waals surface area contributed by atoms with Crippen LogP contribution in [0.3, 0.4) is 0 Å². The van der Waals surface area contributed by atoms with Gasteiger partial charge in [-0.2, -0.15) is 0 Å². The first-order chi connectivity index (χ1) is 9.06. The van der Waals surface area contributed by atoms with Crippen LogP contribution in [-0.4, -0.2) is 10.9 Å². The number of halogens is 1. The molecule has 0 unspecified atom stereocenters. The Balaban J connectivity index is 2.09. The van der Waals surface area contributed by atoms with Gasteiger partial charge < -0.3 is 11.1 Å². The summed E-state index contributed by atoms with van der Waals surface area (Å²) in [5.74, 6) is -0.660. The average Bonchev–Trinajstić information content (AvgIpc) is 2.84. The third-order valence-electron chi connectivity index (χ3n) is 2.43. The van der Waals surface area contributed by atoms with Crippen molar-refractivity contribution in [3.8, 4) is 0 Å². The number of hydrogen-bond acceptors (Lipinski definition) is 3. The van der Waals surface area contributed by atoms with Crippen LogP contribution in [0, 0.1) is 5.82 Å². The molecule has 0 bridgehead atoms. The Kier molecular flexibility index (Phi) is 4.24. The number of anilines is 1. The molecular weight excluding hydrogens is 283 g/mol. The van der Waals surface area contributed by atoms with Gasteiger partial charge in [0.25, 0.3) is 0 Å². The van der Waals surface area contributed by atoms with Gasteiger partial charge in [0.2, 0.25) is 5.91 Å². The molecule has 0 saturated carbocycles. The Morgan fingerprint density at radius 3 is 2.84 bits per heavy atom. The van der Waals surface area contributed by atoms with Crippen molar-refractivity contribution < 1.29 is 9.18 Å². The third kappa shape index (κ3) is 3.59. The van der Waals surface area contributed by atoms with Crippen LogP contribution in [0.1, 0.15) is 10.4 Å². The van der Waals surface area contributed by atoms with Crippen LogP contribution in [0.25, 0.3) is 0 Å². The number of thiophene rings is 1. The van der Waals surface area contributed by atoms with Gasteiger partial charge in [-0.25, -0.2) is 4.39 Å². The molecule has 1 aromatic carbocycles. The van der Waals surface area contributed by atoms with Crippen LogP contribution in [0.2, 0.25) is 0 Å². The Bertz CT molecular complexity index is 611. The molecule has 0 aliphatic heterocycles. The number of thiocarbonyl (C=S) groups is 1. The minimum atomic E-state index is -0.497. The quantitative estimate of drug-likeness (QED) is 0.853. The molecule has 0 spiro atoms. The molecule has 2 aromatic rings. The second-order valence-corrected chi connectivity index (χ2v) is 5.34. The van der Waals surface area contributed by atoms with Crippen molar-refractivity contribution in [2.24, 2.45) is 5.73 Å². The molecule has 2 rings (SSSR count). The summed E-state index contributed by atoms with van der Waals surface area (Å²) in [6.07, 6.45) is 0.289. The fraction of sp³-hybridized carbons (Fsp3) is 0.0769. The first-order valence-corrected chi connectivity index (χ1v) is 6.76. The number of rotatable bonds is 4.